The van der Waals surface area contributed by atoms with E-state index >= 15 is 0 Å². The second kappa shape index (κ2) is 7.59. The molecule has 120 valence electrons. The van der Waals surface area contributed by atoms with Gasteiger partial charge in [0, 0.05) is 54.4 Å². The van der Waals surface area contributed by atoms with Crippen molar-refractivity contribution in [3.63, 3.8) is 0 Å². The Labute approximate surface area is 145 Å². The number of aliphatic imine (C=N–C) groups is 1. The Morgan fingerprint density at radius 3 is 2.68 bits per heavy atom. The third-order valence-corrected chi connectivity index (χ3v) is 5.80. The number of nitrogens with two attached hydrogens (primary N) is 1. The van der Waals surface area contributed by atoms with Gasteiger partial charge in [0.25, 0.3) is 0 Å². The highest BCUT2D eigenvalue weighted by atomic mass is 79.9. The molecule has 0 aliphatic carbocycles. The van der Waals surface area contributed by atoms with E-state index in [9.17, 15) is 0 Å². The van der Waals surface area contributed by atoms with Crippen molar-refractivity contribution in [2.75, 3.05) is 49.1 Å². The van der Waals surface area contributed by atoms with Crippen molar-refractivity contribution in [3.05, 3.63) is 28.7 Å². The SMILES string of the molecule is NC(=NCC1CCN(c2ccc(Br)cc2)C1)N1CCSCC1. The van der Waals surface area contributed by atoms with Crippen LogP contribution in [0.3, 0.4) is 0 Å². The van der Waals surface area contributed by atoms with Crippen LogP contribution >= 0.6 is 27.7 Å². The van der Waals surface area contributed by atoms with E-state index in [-0.39, 0.29) is 0 Å². The normalized spacial score (nSPS) is 23.1. The molecule has 2 saturated heterocycles. The zero-order chi connectivity index (χ0) is 15.4. The summed E-state index contributed by atoms with van der Waals surface area (Å²) in [5, 5.41) is 0. The zero-order valence-corrected chi connectivity index (χ0v) is 15.2. The average molecular weight is 383 g/mol. The predicted molar refractivity (Wildman–Crippen MR) is 99.8 cm³/mol. The van der Waals surface area contributed by atoms with E-state index in [1.165, 1.54) is 12.1 Å². The molecule has 2 N–H and O–H groups in total. The fraction of sp³-hybridized carbons (Fsp3) is 0.562. The standard InChI is InChI=1S/C16H23BrN4S/c17-14-1-3-15(4-2-14)21-6-5-13(12-21)11-19-16(18)20-7-9-22-10-8-20/h1-4,13H,5-12H2,(H2,18,19). The molecule has 1 unspecified atom stereocenters. The van der Waals surface area contributed by atoms with Crippen LogP contribution in [0, 0.1) is 5.92 Å². The first kappa shape index (κ1) is 16.0. The van der Waals surface area contributed by atoms with Crippen LogP contribution in [-0.2, 0) is 0 Å². The Bertz CT molecular complexity index is 513. The monoisotopic (exact) mass is 382 g/mol. The summed E-state index contributed by atoms with van der Waals surface area (Å²) in [5.41, 5.74) is 7.44. The highest BCUT2D eigenvalue weighted by Crippen LogP contribution is 2.25. The van der Waals surface area contributed by atoms with E-state index in [4.69, 9.17) is 5.73 Å². The number of halogens is 1. The maximum atomic E-state index is 6.14. The number of hydrogen-bond donors (Lipinski definition) is 1. The highest BCUT2D eigenvalue weighted by Gasteiger charge is 2.23. The van der Waals surface area contributed by atoms with E-state index < -0.39 is 0 Å². The van der Waals surface area contributed by atoms with Gasteiger partial charge in [0.05, 0.1) is 0 Å². The first-order valence-electron chi connectivity index (χ1n) is 7.85. The Hall–Kier alpha value is -0.880. The third kappa shape index (κ3) is 4.10. The molecule has 1 aromatic rings. The summed E-state index contributed by atoms with van der Waals surface area (Å²) in [6.45, 7) is 5.12. The molecular weight excluding hydrogens is 360 g/mol. The van der Waals surface area contributed by atoms with Crippen LogP contribution in [0.25, 0.3) is 0 Å². The van der Waals surface area contributed by atoms with Crippen LogP contribution < -0.4 is 10.6 Å². The lowest BCUT2D eigenvalue weighted by Crippen LogP contribution is -2.43. The molecule has 0 spiro atoms. The molecule has 2 aliphatic rings. The molecule has 6 heteroatoms. The van der Waals surface area contributed by atoms with Gasteiger partial charge in [-0.05, 0) is 36.6 Å². The summed E-state index contributed by atoms with van der Waals surface area (Å²) in [7, 11) is 0. The van der Waals surface area contributed by atoms with Crippen molar-refractivity contribution in [2.24, 2.45) is 16.6 Å². The lowest BCUT2D eigenvalue weighted by molar-refractivity contribution is 0.452. The zero-order valence-electron chi connectivity index (χ0n) is 12.7. The fourth-order valence-corrected chi connectivity index (χ4v) is 4.15. The van der Waals surface area contributed by atoms with Crippen LogP contribution in [0.15, 0.2) is 33.7 Å². The van der Waals surface area contributed by atoms with Gasteiger partial charge in [0.15, 0.2) is 5.96 Å². The summed E-state index contributed by atoms with van der Waals surface area (Å²) in [6.07, 6.45) is 1.20. The van der Waals surface area contributed by atoms with Crippen molar-refractivity contribution < 1.29 is 0 Å². The average Bonchev–Trinajstić information content (AvgIpc) is 3.03. The van der Waals surface area contributed by atoms with Crippen LogP contribution in [0.1, 0.15) is 6.42 Å². The summed E-state index contributed by atoms with van der Waals surface area (Å²) >= 11 is 5.48. The summed E-state index contributed by atoms with van der Waals surface area (Å²) < 4.78 is 1.13. The summed E-state index contributed by atoms with van der Waals surface area (Å²) in [6, 6.07) is 8.56. The van der Waals surface area contributed by atoms with Gasteiger partial charge in [0.2, 0.25) is 0 Å². The molecule has 0 saturated carbocycles. The molecule has 2 aliphatic heterocycles. The van der Waals surface area contributed by atoms with E-state index in [2.05, 4.69) is 55.0 Å². The molecule has 1 aromatic carbocycles. The van der Waals surface area contributed by atoms with E-state index in [1.807, 2.05) is 11.8 Å². The molecule has 0 amide bonds. The number of hydrogen-bond acceptors (Lipinski definition) is 3. The quantitative estimate of drug-likeness (QED) is 0.644. The number of anilines is 1. The molecule has 22 heavy (non-hydrogen) atoms. The molecule has 4 nitrogen and oxygen atoms in total. The molecule has 0 aromatic heterocycles. The van der Waals surface area contributed by atoms with Crippen LogP contribution in [0.5, 0.6) is 0 Å². The second-order valence-electron chi connectivity index (χ2n) is 5.88. The minimum atomic E-state index is 0.612. The van der Waals surface area contributed by atoms with E-state index in [1.54, 1.807) is 0 Å². The molecular formula is C16H23BrN4S. The van der Waals surface area contributed by atoms with E-state index in [0.29, 0.717) is 5.92 Å². The molecule has 1 atom stereocenters. The lowest BCUT2D eigenvalue weighted by Gasteiger charge is -2.27. The maximum Gasteiger partial charge on any atom is 0.191 e. The predicted octanol–water partition coefficient (Wildman–Crippen LogP) is 2.64. The molecule has 0 bridgehead atoms. The third-order valence-electron chi connectivity index (χ3n) is 4.32. The Balaban J connectivity index is 1.51. The van der Waals surface area contributed by atoms with Crippen molar-refractivity contribution in [2.45, 2.75) is 6.42 Å². The van der Waals surface area contributed by atoms with Crippen LogP contribution in [0.2, 0.25) is 0 Å². The van der Waals surface area contributed by atoms with Gasteiger partial charge >= 0.3 is 0 Å². The highest BCUT2D eigenvalue weighted by molar-refractivity contribution is 9.10. The molecule has 2 fully saturated rings. The number of rotatable bonds is 3. The number of guanidine groups is 1. The molecule has 0 radical (unpaired) electrons. The van der Waals surface area contributed by atoms with Gasteiger partial charge in [-0.15, -0.1) is 0 Å². The second-order valence-corrected chi connectivity index (χ2v) is 8.02. The van der Waals surface area contributed by atoms with Gasteiger partial charge in [0.1, 0.15) is 0 Å². The van der Waals surface area contributed by atoms with Gasteiger partial charge in [-0.2, -0.15) is 11.8 Å². The molecule has 3 rings (SSSR count). The van der Waals surface area contributed by atoms with Gasteiger partial charge in [-0.3, -0.25) is 4.99 Å². The van der Waals surface area contributed by atoms with E-state index in [0.717, 1.165) is 54.7 Å². The number of nitrogens with zero attached hydrogens (tertiary/aromatic N) is 3. The topological polar surface area (TPSA) is 44.9 Å². The summed E-state index contributed by atoms with van der Waals surface area (Å²) in [4.78, 5) is 9.31. The lowest BCUT2D eigenvalue weighted by atomic mass is 10.1. The fourth-order valence-electron chi connectivity index (χ4n) is 2.98. The van der Waals surface area contributed by atoms with Gasteiger partial charge in [-0.1, -0.05) is 15.9 Å². The minimum Gasteiger partial charge on any atom is -0.371 e. The maximum absolute atomic E-state index is 6.14. The number of benzene rings is 1. The van der Waals surface area contributed by atoms with Crippen molar-refractivity contribution in [1.29, 1.82) is 0 Å². The van der Waals surface area contributed by atoms with Gasteiger partial charge < -0.3 is 15.5 Å². The Kier molecular flexibility index (Phi) is 5.52. The van der Waals surface area contributed by atoms with Crippen LogP contribution in [-0.4, -0.2) is 55.1 Å². The number of thioether (sulfide) groups is 1. The largest absolute Gasteiger partial charge is 0.371 e. The van der Waals surface area contributed by atoms with Crippen LogP contribution in [0.4, 0.5) is 5.69 Å². The van der Waals surface area contributed by atoms with Crippen molar-refractivity contribution in [3.8, 4) is 0 Å². The Morgan fingerprint density at radius 1 is 1.23 bits per heavy atom. The first-order chi connectivity index (χ1) is 10.7. The van der Waals surface area contributed by atoms with Crippen molar-refractivity contribution in [1.82, 2.24) is 4.90 Å². The minimum absolute atomic E-state index is 0.612. The smallest absolute Gasteiger partial charge is 0.191 e. The Morgan fingerprint density at radius 2 is 1.95 bits per heavy atom. The van der Waals surface area contributed by atoms with Crippen molar-refractivity contribution >= 4 is 39.3 Å². The first-order valence-corrected chi connectivity index (χ1v) is 9.80. The molecule has 2 heterocycles. The van der Waals surface area contributed by atoms with Gasteiger partial charge in [-0.25, -0.2) is 0 Å². The summed E-state index contributed by atoms with van der Waals surface area (Å²) in [5.74, 6) is 3.68.